The van der Waals surface area contributed by atoms with Crippen molar-refractivity contribution in [1.82, 2.24) is 20.2 Å². The van der Waals surface area contributed by atoms with Gasteiger partial charge >= 0.3 is 0 Å². The fourth-order valence-electron chi connectivity index (χ4n) is 1.86. The molecule has 3 aromatic rings. The van der Waals surface area contributed by atoms with Crippen LogP contribution in [0.2, 0.25) is 0 Å². The van der Waals surface area contributed by atoms with Crippen LogP contribution in [-0.2, 0) is 0 Å². The summed E-state index contributed by atoms with van der Waals surface area (Å²) in [6.45, 7) is 0. The smallest absolute Gasteiger partial charge is 0.188 e. The highest BCUT2D eigenvalue weighted by Crippen LogP contribution is 2.30. The highest BCUT2D eigenvalue weighted by atomic mass is 79.9. The molecule has 8 heteroatoms. The van der Waals surface area contributed by atoms with Crippen LogP contribution in [0, 0.1) is 5.82 Å². The van der Waals surface area contributed by atoms with E-state index in [4.69, 9.17) is 5.73 Å². The minimum absolute atomic E-state index is 0.381. The molecule has 0 unspecified atom stereocenters. The normalized spacial score (nSPS) is 10.8. The van der Waals surface area contributed by atoms with Gasteiger partial charge < -0.3 is 5.73 Å². The van der Waals surface area contributed by atoms with Crippen LogP contribution in [0.3, 0.4) is 0 Å². The summed E-state index contributed by atoms with van der Waals surface area (Å²) in [5.41, 5.74) is 7.63. The lowest BCUT2D eigenvalue weighted by molar-refractivity contribution is 0.618. The van der Waals surface area contributed by atoms with Crippen molar-refractivity contribution in [3.63, 3.8) is 0 Å². The van der Waals surface area contributed by atoms with Gasteiger partial charge in [-0.05, 0) is 56.7 Å². The monoisotopic (exact) mass is 411 g/mol. The van der Waals surface area contributed by atoms with Gasteiger partial charge in [0.15, 0.2) is 5.82 Å². The molecule has 0 aliphatic carbocycles. The molecule has 1 aromatic heterocycles. The van der Waals surface area contributed by atoms with Gasteiger partial charge in [-0.25, -0.2) is 4.39 Å². The molecule has 0 atom stereocenters. The van der Waals surface area contributed by atoms with Crippen molar-refractivity contribution in [3.8, 4) is 17.1 Å². The van der Waals surface area contributed by atoms with Gasteiger partial charge in [0.25, 0.3) is 0 Å². The molecule has 1 heterocycles. The van der Waals surface area contributed by atoms with E-state index in [0.717, 1.165) is 10.0 Å². The minimum atomic E-state index is -0.388. The number of aromatic nitrogens is 4. The maximum Gasteiger partial charge on any atom is 0.188 e. The molecule has 21 heavy (non-hydrogen) atoms. The first-order valence-corrected chi connectivity index (χ1v) is 7.44. The van der Waals surface area contributed by atoms with Crippen LogP contribution in [0.5, 0.6) is 0 Å². The lowest BCUT2D eigenvalue weighted by atomic mass is 10.2. The van der Waals surface area contributed by atoms with Crippen molar-refractivity contribution in [2.24, 2.45) is 0 Å². The van der Waals surface area contributed by atoms with E-state index in [2.05, 4.69) is 47.4 Å². The summed E-state index contributed by atoms with van der Waals surface area (Å²) >= 11 is 6.56. The molecule has 0 spiro atoms. The Morgan fingerprint density at radius 3 is 2.57 bits per heavy atom. The Hall–Kier alpha value is -1.80. The summed E-state index contributed by atoms with van der Waals surface area (Å²) in [7, 11) is 0. The summed E-state index contributed by atoms with van der Waals surface area (Å²) in [6, 6.07) is 10.00. The first-order chi connectivity index (χ1) is 10.1. The van der Waals surface area contributed by atoms with Gasteiger partial charge in [0, 0.05) is 21.8 Å². The summed E-state index contributed by atoms with van der Waals surface area (Å²) in [5.74, 6) is 0.0801. The Bertz CT molecular complexity index is 818. The van der Waals surface area contributed by atoms with E-state index in [1.54, 1.807) is 24.3 Å². The average Bonchev–Trinajstić information content (AvgIpc) is 2.93. The number of rotatable bonds is 2. The lowest BCUT2D eigenvalue weighted by Crippen LogP contribution is -2.01. The maximum atomic E-state index is 13.7. The fraction of sp³-hybridized carbons (Fsp3) is 0. The number of hydrogen-bond donors (Lipinski definition) is 1. The second-order valence-corrected chi connectivity index (χ2v) is 5.96. The third-order valence-electron chi connectivity index (χ3n) is 2.85. The second-order valence-electron chi connectivity index (χ2n) is 4.25. The Kier molecular flexibility index (Phi) is 3.73. The van der Waals surface area contributed by atoms with Crippen LogP contribution in [0.1, 0.15) is 0 Å². The summed E-state index contributed by atoms with van der Waals surface area (Å²) in [5, 5.41) is 11.6. The average molecular weight is 413 g/mol. The molecule has 0 aliphatic rings. The van der Waals surface area contributed by atoms with Gasteiger partial charge in [-0.3, -0.25) is 0 Å². The molecule has 2 aromatic carbocycles. The number of anilines is 1. The van der Waals surface area contributed by atoms with E-state index in [1.807, 2.05) is 6.07 Å². The van der Waals surface area contributed by atoms with Gasteiger partial charge in [-0.15, -0.1) is 5.10 Å². The molecular formula is C13H8Br2FN5. The highest BCUT2D eigenvalue weighted by Gasteiger charge is 2.15. The van der Waals surface area contributed by atoms with Crippen molar-refractivity contribution in [2.45, 2.75) is 0 Å². The molecule has 0 fully saturated rings. The number of halogens is 3. The second kappa shape index (κ2) is 5.53. The predicted octanol–water partition coefficient (Wildman–Crippen LogP) is 3.58. The topological polar surface area (TPSA) is 69.6 Å². The van der Waals surface area contributed by atoms with Crippen LogP contribution < -0.4 is 5.73 Å². The number of nitrogens with zero attached hydrogens (tertiary/aromatic N) is 4. The molecule has 0 amide bonds. The van der Waals surface area contributed by atoms with Crippen LogP contribution in [0.25, 0.3) is 17.1 Å². The van der Waals surface area contributed by atoms with Crippen molar-refractivity contribution < 1.29 is 4.39 Å². The van der Waals surface area contributed by atoms with E-state index < -0.39 is 0 Å². The number of nitrogen functional groups attached to an aromatic ring is 1. The zero-order valence-electron chi connectivity index (χ0n) is 10.5. The molecule has 0 saturated heterocycles. The third-order valence-corrected chi connectivity index (χ3v) is 4.18. The van der Waals surface area contributed by atoms with Crippen molar-refractivity contribution in [1.29, 1.82) is 0 Å². The maximum absolute atomic E-state index is 13.7. The Balaban J connectivity index is 2.17. The highest BCUT2D eigenvalue weighted by molar-refractivity contribution is 9.10. The van der Waals surface area contributed by atoms with Gasteiger partial charge in [0.05, 0.1) is 10.2 Å². The molecule has 3 rings (SSSR count). The van der Waals surface area contributed by atoms with E-state index in [9.17, 15) is 4.39 Å². The first kappa shape index (κ1) is 14.2. The van der Waals surface area contributed by atoms with Crippen LogP contribution >= 0.6 is 31.9 Å². The number of hydrogen-bond acceptors (Lipinski definition) is 4. The number of benzene rings is 2. The standard InChI is InChI=1S/C13H8Br2FN5/c14-10-3-1-7(17)5-9(10)13-18-19-20-21(13)8-2-4-11(15)12(16)6-8/h1-6H,17H2. The molecule has 0 bridgehead atoms. The van der Waals surface area contributed by atoms with E-state index in [-0.39, 0.29) is 5.82 Å². The molecular weight excluding hydrogens is 405 g/mol. The SMILES string of the molecule is Nc1ccc(Br)c(-c2nnnn2-c2ccc(Br)c(F)c2)c1. The van der Waals surface area contributed by atoms with E-state index in [1.165, 1.54) is 10.7 Å². The number of nitrogens with two attached hydrogens (primary N) is 1. The molecule has 2 N–H and O–H groups in total. The molecule has 5 nitrogen and oxygen atoms in total. The van der Waals surface area contributed by atoms with Crippen molar-refractivity contribution in [3.05, 3.63) is 51.2 Å². The molecule has 0 radical (unpaired) electrons. The van der Waals surface area contributed by atoms with Crippen molar-refractivity contribution in [2.75, 3.05) is 5.73 Å². The molecule has 106 valence electrons. The van der Waals surface area contributed by atoms with Gasteiger partial charge in [0.2, 0.25) is 0 Å². The fourth-order valence-corrected chi connectivity index (χ4v) is 2.53. The zero-order valence-corrected chi connectivity index (χ0v) is 13.6. The van der Waals surface area contributed by atoms with Gasteiger partial charge in [0.1, 0.15) is 5.82 Å². The van der Waals surface area contributed by atoms with Gasteiger partial charge in [-0.1, -0.05) is 15.9 Å². The zero-order chi connectivity index (χ0) is 15.0. The van der Waals surface area contributed by atoms with E-state index >= 15 is 0 Å². The summed E-state index contributed by atoms with van der Waals surface area (Å²) in [4.78, 5) is 0. The molecule has 0 aliphatic heterocycles. The van der Waals surface area contributed by atoms with Crippen LogP contribution in [-0.4, -0.2) is 20.2 Å². The van der Waals surface area contributed by atoms with Crippen molar-refractivity contribution >= 4 is 37.5 Å². The Morgan fingerprint density at radius 1 is 1.05 bits per heavy atom. The lowest BCUT2D eigenvalue weighted by Gasteiger charge is -2.07. The largest absolute Gasteiger partial charge is 0.399 e. The van der Waals surface area contributed by atoms with Crippen LogP contribution in [0.15, 0.2) is 45.3 Å². The minimum Gasteiger partial charge on any atom is -0.399 e. The Morgan fingerprint density at radius 2 is 1.81 bits per heavy atom. The summed E-state index contributed by atoms with van der Waals surface area (Å²) in [6.07, 6.45) is 0. The predicted molar refractivity (Wildman–Crippen MR) is 84.4 cm³/mol. The quantitative estimate of drug-likeness (QED) is 0.653. The van der Waals surface area contributed by atoms with Gasteiger partial charge in [-0.2, -0.15) is 4.68 Å². The Labute approximate surface area is 136 Å². The third kappa shape index (κ3) is 2.68. The van der Waals surface area contributed by atoms with Crippen LogP contribution in [0.4, 0.5) is 10.1 Å². The summed E-state index contributed by atoms with van der Waals surface area (Å²) < 4.78 is 16.3. The molecule has 0 saturated carbocycles. The first-order valence-electron chi connectivity index (χ1n) is 5.85. The number of tetrazole rings is 1. The van der Waals surface area contributed by atoms with E-state index in [0.29, 0.717) is 21.7 Å².